The fourth-order valence-corrected chi connectivity index (χ4v) is 2.87. The Morgan fingerprint density at radius 1 is 1.12 bits per heavy atom. The number of anilines is 1. The number of aryl methyl sites for hydroxylation is 1. The third-order valence-electron chi connectivity index (χ3n) is 4.06. The molecule has 0 saturated heterocycles. The molecule has 2 aromatic carbocycles. The van der Waals surface area contributed by atoms with Gasteiger partial charge in [-0.25, -0.2) is 4.79 Å². The number of carboxylic acid groups (broad SMARTS) is 1. The van der Waals surface area contributed by atoms with E-state index >= 15 is 0 Å². The van der Waals surface area contributed by atoms with Crippen LogP contribution in [-0.4, -0.2) is 22.8 Å². The molecule has 2 N–H and O–H groups in total. The molecule has 0 aromatic heterocycles. The van der Waals surface area contributed by atoms with Crippen molar-refractivity contribution in [3.05, 3.63) is 64.2 Å². The smallest absolute Gasteiger partial charge is 0.335 e. The molecular formula is C18H14ClNO4. The maximum Gasteiger partial charge on any atom is 0.335 e. The molecule has 1 atom stereocenters. The SMILES string of the molecule is O=C(O)c1ccc2c(c1)C(=O)C(CCc1ccc(Cl)cc1)C(=O)N2. The first kappa shape index (κ1) is 16.2. The average Bonchev–Trinajstić information content (AvgIpc) is 2.56. The van der Waals surface area contributed by atoms with Crippen LogP contribution in [0.4, 0.5) is 5.69 Å². The van der Waals surface area contributed by atoms with E-state index in [1.165, 1.54) is 18.2 Å². The Morgan fingerprint density at radius 2 is 1.83 bits per heavy atom. The zero-order valence-electron chi connectivity index (χ0n) is 12.6. The van der Waals surface area contributed by atoms with Crippen molar-refractivity contribution in [2.45, 2.75) is 12.8 Å². The lowest BCUT2D eigenvalue weighted by Crippen LogP contribution is -2.35. The number of benzene rings is 2. The van der Waals surface area contributed by atoms with Gasteiger partial charge in [0.1, 0.15) is 5.92 Å². The Kier molecular flexibility index (Phi) is 4.36. The minimum Gasteiger partial charge on any atom is -0.478 e. The quantitative estimate of drug-likeness (QED) is 0.833. The van der Waals surface area contributed by atoms with Crippen molar-refractivity contribution < 1.29 is 19.5 Å². The van der Waals surface area contributed by atoms with Gasteiger partial charge in [0, 0.05) is 10.6 Å². The Hall–Kier alpha value is -2.66. The summed E-state index contributed by atoms with van der Waals surface area (Å²) in [5.41, 5.74) is 1.60. The minimum atomic E-state index is -1.11. The lowest BCUT2D eigenvalue weighted by Gasteiger charge is -2.23. The zero-order valence-corrected chi connectivity index (χ0v) is 13.3. The Balaban J connectivity index is 1.81. The summed E-state index contributed by atoms with van der Waals surface area (Å²) in [6.45, 7) is 0. The van der Waals surface area contributed by atoms with E-state index in [-0.39, 0.29) is 22.8 Å². The van der Waals surface area contributed by atoms with Gasteiger partial charge in [-0.2, -0.15) is 0 Å². The van der Waals surface area contributed by atoms with Gasteiger partial charge in [-0.05, 0) is 48.7 Å². The van der Waals surface area contributed by atoms with Gasteiger partial charge in [0.15, 0.2) is 5.78 Å². The first-order valence-corrected chi connectivity index (χ1v) is 7.80. The van der Waals surface area contributed by atoms with Crippen LogP contribution >= 0.6 is 11.6 Å². The molecule has 1 unspecified atom stereocenters. The second-order valence-electron chi connectivity index (χ2n) is 5.64. The summed E-state index contributed by atoms with van der Waals surface area (Å²) in [5, 5.41) is 12.4. The fourth-order valence-electron chi connectivity index (χ4n) is 2.74. The largest absolute Gasteiger partial charge is 0.478 e. The average molecular weight is 344 g/mol. The molecule has 1 aliphatic heterocycles. The normalized spacial score (nSPS) is 16.5. The molecule has 1 aliphatic rings. The van der Waals surface area contributed by atoms with Crippen molar-refractivity contribution >= 4 is 34.9 Å². The molecule has 122 valence electrons. The van der Waals surface area contributed by atoms with E-state index < -0.39 is 11.9 Å². The van der Waals surface area contributed by atoms with Gasteiger partial charge in [0.25, 0.3) is 0 Å². The van der Waals surface area contributed by atoms with Gasteiger partial charge >= 0.3 is 5.97 Å². The van der Waals surface area contributed by atoms with E-state index in [0.29, 0.717) is 23.6 Å². The van der Waals surface area contributed by atoms with Crippen LogP contribution < -0.4 is 5.32 Å². The predicted molar refractivity (Wildman–Crippen MR) is 89.6 cm³/mol. The number of nitrogens with one attached hydrogen (secondary N) is 1. The molecule has 0 spiro atoms. The van der Waals surface area contributed by atoms with Crippen LogP contribution in [0.1, 0.15) is 32.7 Å². The minimum absolute atomic E-state index is 0.0229. The number of carbonyl (C=O) groups is 3. The first-order valence-electron chi connectivity index (χ1n) is 7.42. The Morgan fingerprint density at radius 3 is 2.50 bits per heavy atom. The molecule has 0 radical (unpaired) electrons. The molecule has 3 rings (SSSR count). The van der Waals surface area contributed by atoms with E-state index in [4.69, 9.17) is 16.7 Å². The maximum atomic E-state index is 12.6. The van der Waals surface area contributed by atoms with E-state index in [1.54, 1.807) is 12.1 Å². The highest BCUT2D eigenvalue weighted by atomic mass is 35.5. The molecule has 0 fully saturated rings. The maximum absolute atomic E-state index is 12.6. The predicted octanol–water partition coefficient (Wildman–Crippen LogP) is 3.42. The van der Waals surface area contributed by atoms with Crippen molar-refractivity contribution in [2.75, 3.05) is 5.32 Å². The molecule has 0 saturated carbocycles. The van der Waals surface area contributed by atoms with Gasteiger partial charge in [-0.15, -0.1) is 0 Å². The summed E-state index contributed by atoms with van der Waals surface area (Å²) < 4.78 is 0. The summed E-state index contributed by atoms with van der Waals surface area (Å²) in [6, 6.07) is 11.3. The van der Waals surface area contributed by atoms with Crippen LogP contribution in [0.25, 0.3) is 0 Å². The third-order valence-corrected chi connectivity index (χ3v) is 4.31. The summed E-state index contributed by atoms with van der Waals surface area (Å²) >= 11 is 5.84. The highest BCUT2D eigenvalue weighted by Gasteiger charge is 2.34. The number of amides is 1. The first-order chi connectivity index (χ1) is 11.5. The third kappa shape index (κ3) is 3.16. The van der Waals surface area contributed by atoms with E-state index in [9.17, 15) is 14.4 Å². The molecule has 1 heterocycles. The Bertz CT molecular complexity index is 829. The summed E-state index contributed by atoms with van der Waals surface area (Å²) in [4.78, 5) is 35.9. The van der Waals surface area contributed by atoms with Gasteiger partial charge in [0.2, 0.25) is 5.91 Å². The Labute approximate surface area is 143 Å². The second-order valence-corrected chi connectivity index (χ2v) is 6.07. The molecule has 0 aliphatic carbocycles. The molecule has 2 aromatic rings. The van der Waals surface area contributed by atoms with E-state index in [2.05, 4.69) is 5.32 Å². The van der Waals surface area contributed by atoms with Crippen molar-refractivity contribution in [1.29, 1.82) is 0 Å². The number of halogens is 1. The zero-order chi connectivity index (χ0) is 17.3. The number of Topliss-reactive ketones (excluding diaryl/α,β-unsaturated/α-hetero) is 1. The highest BCUT2D eigenvalue weighted by molar-refractivity contribution is 6.30. The molecule has 5 nitrogen and oxygen atoms in total. The van der Waals surface area contributed by atoms with Crippen LogP contribution in [0.15, 0.2) is 42.5 Å². The molecular weight excluding hydrogens is 330 g/mol. The number of hydrogen-bond acceptors (Lipinski definition) is 3. The molecule has 24 heavy (non-hydrogen) atoms. The number of ketones is 1. The molecule has 0 bridgehead atoms. The highest BCUT2D eigenvalue weighted by Crippen LogP contribution is 2.29. The number of carbonyl (C=O) groups excluding carboxylic acids is 2. The van der Waals surface area contributed by atoms with Gasteiger partial charge in [-0.3, -0.25) is 9.59 Å². The number of rotatable bonds is 4. The fraction of sp³-hybridized carbons (Fsp3) is 0.167. The van der Waals surface area contributed by atoms with Gasteiger partial charge in [-0.1, -0.05) is 23.7 Å². The number of fused-ring (bicyclic) bond motifs is 1. The van der Waals surface area contributed by atoms with Crippen molar-refractivity contribution in [2.24, 2.45) is 5.92 Å². The van der Waals surface area contributed by atoms with Crippen LogP contribution in [-0.2, 0) is 11.2 Å². The van der Waals surface area contributed by atoms with Crippen LogP contribution in [0.5, 0.6) is 0 Å². The summed E-state index contributed by atoms with van der Waals surface area (Å²) in [5.74, 6) is -2.63. The number of hydrogen-bond donors (Lipinski definition) is 2. The lowest BCUT2D eigenvalue weighted by atomic mass is 9.86. The lowest BCUT2D eigenvalue weighted by molar-refractivity contribution is -0.118. The van der Waals surface area contributed by atoms with Crippen LogP contribution in [0.2, 0.25) is 5.02 Å². The summed E-state index contributed by atoms with van der Waals surface area (Å²) in [7, 11) is 0. The van der Waals surface area contributed by atoms with Gasteiger partial charge in [0.05, 0.1) is 11.3 Å². The number of aromatic carboxylic acids is 1. The monoisotopic (exact) mass is 343 g/mol. The molecule has 1 amide bonds. The van der Waals surface area contributed by atoms with Crippen molar-refractivity contribution in [3.8, 4) is 0 Å². The van der Waals surface area contributed by atoms with E-state index in [0.717, 1.165) is 5.56 Å². The topological polar surface area (TPSA) is 83.5 Å². The van der Waals surface area contributed by atoms with E-state index in [1.807, 2.05) is 12.1 Å². The van der Waals surface area contributed by atoms with Crippen LogP contribution in [0, 0.1) is 5.92 Å². The van der Waals surface area contributed by atoms with Gasteiger partial charge < -0.3 is 10.4 Å². The second kappa shape index (κ2) is 6.45. The van der Waals surface area contributed by atoms with Crippen molar-refractivity contribution in [1.82, 2.24) is 0 Å². The number of carboxylic acids is 1. The molecule has 6 heteroatoms. The van der Waals surface area contributed by atoms with Crippen molar-refractivity contribution in [3.63, 3.8) is 0 Å². The summed E-state index contributed by atoms with van der Waals surface area (Å²) in [6.07, 6.45) is 0.901. The van der Waals surface area contributed by atoms with Crippen LogP contribution in [0.3, 0.4) is 0 Å². The standard InChI is InChI=1S/C18H14ClNO4/c19-12-5-1-10(2-6-12)3-7-13-16(21)14-9-11(18(23)24)4-8-15(14)20-17(13)22/h1-2,4-6,8-9,13H,3,7H2,(H,20,22)(H,23,24).